The minimum atomic E-state index is -0.698. The Hall–Kier alpha value is -2.04. The average molecular weight is 406 g/mol. The number of ether oxygens (including phenoxy) is 1. The summed E-state index contributed by atoms with van der Waals surface area (Å²) in [6.07, 6.45) is 3.32. The van der Waals surface area contributed by atoms with Crippen LogP contribution in [0, 0.1) is 6.92 Å². The van der Waals surface area contributed by atoms with E-state index < -0.39 is 11.3 Å². The highest BCUT2D eigenvalue weighted by Crippen LogP contribution is 2.42. The number of hydrogen-bond acceptors (Lipinski definition) is 3. The van der Waals surface area contributed by atoms with E-state index >= 15 is 0 Å². The van der Waals surface area contributed by atoms with Crippen LogP contribution in [-0.2, 0) is 19.7 Å². The molecule has 0 bridgehead atoms. The summed E-state index contributed by atoms with van der Waals surface area (Å²) in [4.78, 5) is 25.1. The van der Waals surface area contributed by atoms with Gasteiger partial charge >= 0.3 is 5.97 Å². The highest BCUT2D eigenvalue weighted by Gasteiger charge is 2.44. The number of amides is 1. The number of hydrogen-bond donors (Lipinski definition) is 1. The van der Waals surface area contributed by atoms with Crippen molar-refractivity contribution >= 4 is 40.8 Å². The van der Waals surface area contributed by atoms with Crippen molar-refractivity contribution in [2.45, 2.75) is 38.0 Å². The van der Waals surface area contributed by atoms with Crippen molar-refractivity contribution in [3.05, 3.63) is 63.6 Å². The number of carbonyl (C=O) groups excluding carboxylic acids is 2. The summed E-state index contributed by atoms with van der Waals surface area (Å²) < 4.78 is 5.40. The molecule has 0 unspecified atom stereocenters. The summed E-state index contributed by atoms with van der Waals surface area (Å²) >= 11 is 12.0. The quantitative estimate of drug-likeness (QED) is 0.686. The molecule has 1 aliphatic rings. The van der Waals surface area contributed by atoms with E-state index in [9.17, 15) is 9.59 Å². The van der Waals surface area contributed by atoms with Crippen LogP contribution in [0.25, 0.3) is 0 Å². The van der Waals surface area contributed by atoms with Crippen molar-refractivity contribution in [2.75, 3.05) is 11.9 Å². The van der Waals surface area contributed by atoms with E-state index in [1.54, 1.807) is 30.3 Å². The topological polar surface area (TPSA) is 55.4 Å². The molecule has 27 heavy (non-hydrogen) atoms. The first-order valence-corrected chi connectivity index (χ1v) is 9.66. The van der Waals surface area contributed by atoms with Crippen molar-refractivity contribution in [3.8, 4) is 0 Å². The molecule has 142 valence electrons. The number of nitrogens with one attached hydrogen (secondary N) is 1. The van der Waals surface area contributed by atoms with Crippen molar-refractivity contribution < 1.29 is 14.3 Å². The molecule has 1 saturated carbocycles. The van der Waals surface area contributed by atoms with Gasteiger partial charge in [-0.2, -0.15) is 0 Å². The summed E-state index contributed by atoms with van der Waals surface area (Å²) in [5.74, 6) is -0.752. The van der Waals surface area contributed by atoms with Crippen molar-refractivity contribution in [1.82, 2.24) is 0 Å². The Morgan fingerprint density at radius 1 is 1.07 bits per heavy atom. The van der Waals surface area contributed by atoms with Gasteiger partial charge < -0.3 is 10.1 Å². The first kappa shape index (κ1) is 19.7. The fraction of sp³-hybridized carbons (Fsp3) is 0.333. The van der Waals surface area contributed by atoms with E-state index in [1.807, 2.05) is 19.1 Å². The number of anilines is 1. The molecule has 1 fully saturated rings. The van der Waals surface area contributed by atoms with Gasteiger partial charge in [0, 0.05) is 15.7 Å². The number of rotatable bonds is 5. The van der Waals surface area contributed by atoms with Gasteiger partial charge in [0.25, 0.3) is 5.91 Å². The Balaban J connectivity index is 1.67. The van der Waals surface area contributed by atoms with E-state index in [1.165, 1.54) is 0 Å². The monoisotopic (exact) mass is 405 g/mol. The van der Waals surface area contributed by atoms with Gasteiger partial charge in [-0.3, -0.25) is 9.59 Å². The molecule has 0 saturated heterocycles. The largest absolute Gasteiger partial charge is 0.455 e. The van der Waals surface area contributed by atoms with Gasteiger partial charge in [0.2, 0.25) is 0 Å². The second-order valence-electron chi connectivity index (χ2n) is 6.83. The molecule has 2 aromatic rings. The maximum absolute atomic E-state index is 12.9. The van der Waals surface area contributed by atoms with Crippen LogP contribution in [0.15, 0.2) is 42.5 Å². The van der Waals surface area contributed by atoms with Gasteiger partial charge in [0.1, 0.15) is 0 Å². The molecular formula is C21H21Cl2NO3. The lowest BCUT2D eigenvalue weighted by Crippen LogP contribution is -2.36. The number of carbonyl (C=O) groups is 2. The molecule has 0 atom stereocenters. The lowest BCUT2D eigenvalue weighted by molar-refractivity contribution is -0.153. The van der Waals surface area contributed by atoms with Gasteiger partial charge in [-0.05, 0) is 55.2 Å². The zero-order valence-corrected chi connectivity index (χ0v) is 16.6. The molecule has 1 aliphatic carbocycles. The normalized spacial score (nSPS) is 15.4. The predicted molar refractivity (Wildman–Crippen MR) is 107 cm³/mol. The van der Waals surface area contributed by atoms with Crippen LogP contribution in [0.4, 0.5) is 5.69 Å². The van der Waals surface area contributed by atoms with E-state index in [0.717, 1.165) is 24.0 Å². The fourth-order valence-corrected chi connectivity index (χ4v) is 3.86. The van der Waals surface area contributed by atoms with Crippen LogP contribution in [-0.4, -0.2) is 18.5 Å². The highest BCUT2D eigenvalue weighted by molar-refractivity contribution is 6.31. The molecule has 3 rings (SSSR count). The second kappa shape index (κ2) is 8.32. The average Bonchev–Trinajstić information content (AvgIpc) is 3.15. The molecule has 0 heterocycles. The van der Waals surface area contributed by atoms with E-state index in [0.29, 0.717) is 28.6 Å². The van der Waals surface area contributed by atoms with E-state index in [-0.39, 0.29) is 12.6 Å². The molecule has 1 amide bonds. The SMILES string of the molecule is Cc1c(Cl)cccc1NC(=O)COC(=O)C1(c2ccc(Cl)cc2)CCCC1. The zero-order valence-electron chi connectivity index (χ0n) is 15.1. The molecule has 0 radical (unpaired) electrons. The fourth-order valence-electron chi connectivity index (χ4n) is 3.56. The minimum Gasteiger partial charge on any atom is -0.455 e. The predicted octanol–water partition coefficient (Wildman–Crippen LogP) is 5.30. The van der Waals surface area contributed by atoms with E-state index in [2.05, 4.69) is 5.32 Å². The lowest BCUT2D eigenvalue weighted by Gasteiger charge is -2.27. The van der Waals surface area contributed by atoms with Crippen molar-refractivity contribution in [2.24, 2.45) is 0 Å². The number of esters is 1. The number of halogens is 2. The Morgan fingerprint density at radius 2 is 1.74 bits per heavy atom. The summed E-state index contributed by atoms with van der Waals surface area (Å²) in [7, 11) is 0. The number of benzene rings is 2. The standard InChI is InChI=1S/C21H21Cl2NO3/c1-14-17(23)5-4-6-18(14)24-19(25)13-27-20(26)21(11-2-3-12-21)15-7-9-16(22)10-8-15/h4-10H,2-3,11-13H2,1H3,(H,24,25). The Morgan fingerprint density at radius 3 is 2.41 bits per heavy atom. The molecule has 1 N–H and O–H groups in total. The molecular weight excluding hydrogens is 385 g/mol. The minimum absolute atomic E-state index is 0.333. The van der Waals surface area contributed by atoms with Crippen LogP contribution in [0.1, 0.15) is 36.8 Å². The lowest BCUT2D eigenvalue weighted by atomic mass is 9.79. The van der Waals surface area contributed by atoms with Crippen LogP contribution in [0.5, 0.6) is 0 Å². The third kappa shape index (κ3) is 4.28. The van der Waals surface area contributed by atoms with Gasteiger partial charge in [-0.1, -0.05) is 54.2 Å². The first-order chi connectivity index (χ1) is 12.9. The smallest absolute Gasteiger partial charge is 0.317 e. The Bertz CT molecular complexity index is 843. The summed E-state index contributed by atoms with van der Waals surface area (Å²) in [5.41, 5.74) is 1.57. The van der Waals surface area contributed by atoms with Gasteiger partial charge in [0.05, 0.1) is 5.41 Å². The molecule has 4 nitrogen and oxygen atoms in total. The van der Waals surface area contributed by atoms with Crippen LogP contribution < -0.4 is 5.32 Å². The molecule has 0 aromatic heterocycles. The van der Waals surface area contributed by atoms with Crippen LogP contribution in [0.3, 0.4) is 0 Å². The maximum Gasteiger partial charge on any atom is 0.317 e. The van der Waals surface area contributed by atoms with Gasteiger partial charge in [0.15, 0.2) is 6.61 Å². The van der Waals surface area contributed by atoms with Crippen molar-refractivity contribution in [1.29, 1.82) is 0 Å². The first-order valence-electron chi connectivity index (χ1n) is 8.91. The molecule has 0 aliphatic heterocycles. The van der Waals surface area contributed by atoms with Crippen LogP contribution in [0.2, 0.25) is 10.0 Å². The third-order valence-electron chi connectivity index (χ3n) is 5.12. The third-order valence-corrected chi connectivity index (χ3v) is 5.78. The zero-order chi connectivity index (χ0) is 19.4. The summed E-state index contributed by atoms with van der Waals surface area (Å²) in [6, 6.07) is 12.5. The summed E-state index contributed by atoms with van der Waals surface area (Å²) in [6.45, 7) is 1.48. The van der Waals surface area contributed by atoms with E-state index in [4.69, 9.17) is 27.9 Å². The summed E-state index contributed by atoms with van der Waals surface area (Å²) in [5, 5.41) is 3.93. The second-order valence-corrected chi connectivity index (χ2v) is 7.68. The molecule has 2 aromatic carbocycles. The van der Waals surface area contributed by atoms with Crippen molar-refractivity contribution in [3.63, 3.8) is 0 Å². The van der Waals surface area contributed by atoms with Crippen LogP contribution >= 0.6 is 23.2 Å². The Labute approximate surface area is 168 Å². The Kier molecular flexibility index (Phi) is 6.08. The van der Waals surface area contributed by atoms with Gasteiger partial charge in [-0.25, -0.2) is 0 Å². The highest BCUT2D eigenvalue weighted by atomic mass is 35.5. The molecule has 0 spiro atoms. The maximum atomic E-state index is 12.9. The molecule has 6 heteroatoms. The van der Waals surface area contributed by atoms with Gasteiger partial charge in [-0.15, -0.1) is 0 Å².